The average molecular weight is 278 g/mol. The van der Waals surface area contributed by atoms with Crippen LogP contribution in [0.1, 0.15) is 31.2 Å². The summed E-state index contributed by atoms with van der Waals surface area (Å²) in [6.07, 6.45) is 4.08. The van der Waals surface area contributed by atoms with Crippen molar-refractivity contribution in [2.75, 3.05) is 5.75 Å². The van der Waals surface area contributed by atoms with Crippen molar-refractivity contribution in [3.63, 3.8) is 0 Å². The van der Waals surface area contributed by atoms with Crippen LogP contribution in [0.15, 0.2) is 29.2 Å². The molecule has 19 heavy (non-hydrogen) atoms. The summed E-state index contributed by atoms with van der Waals surface area (Å²) in [4.78, 5) is 13.0. The Labute approximate surface area is 119 Å². The van der Waals surface area contributed by atoms with E-state index in [0.29, 0.717) is 17.8 Å². The van der Waals surface area contributed by atoms with Crippen LogP contribution < -0.4 is 11.1 Å². The smallest absolute Gasteiger partial charge is 0.230 e. The van der Waals surface area contributed by atoms with Crippen LogP contribution in [-0.2, 0) is 4.79 Å². The molecule has 0 aliphatic heterocycles. The molecule has 104 valence electrons. The van der Waals surface area contributed by atoms with Crippen LogP contribution >= 0.6 is 11.8 Å². The number of aryl methyl sites for hydroxylation is 1. The third kappa shape index (κ3) is 4.88. The second kappa shape index (κ2) is 6.96. The molecule has 2 rings (SSSR count). The number of benzene rings is 1. The molecule has 1 aliphatic rings. The fourth-order valence-corrected chi connectivity index (χ4v) is 3.03. The third-order valence-electron chi connectivity index (χ3n) is 3.53. The molecule has 1 aliphatic carbocycles. The van der Waals surface area contributed by atoms with E-state index in [9.17, 15) is 4.79 Å². The molecule has 1 aromatic carbocycles. The van der Waals surface area contributed by atoms with Crippen molar-refractivity contribution < 1.29 is 4.79 Å². The molecule has 3 nitrogen and oxygen atoms in total. The summed E-state index contributed by atoms with van der Waals surface area (Å²) < 4.78 is 0. The maximum atomic E-state index is 11.9. The maximum absolute atomic E-state index is 11.9. The van der Waals surface area contributed by atoms with Crippen LogP contribution in [0.4, 0.5) is 0 Å². The van der Waals surface area contributed by atoms with Gasteiger partial charge in [-0.2, -0.15) is 0 Å². The van der Waals surface area contributed by atoms with Gasteiger partial charge in [0.2, 0.25) is 5.91 Å². The third-order valence-corrected chi connectivity index (χ3v) is 4.54. The van der Waals surface area contributed by atoms with Crippen molar-refractivity contribution >= 4 is 17.7 Å². The molecular weight excluding hydrogens is 256 g/mol. The fourth-order valence-electron chi connectivity index (χ4n) is 2.32. The van der Waals surface area contributed by atoms with Crippen molar-refractivity contribution in [2.45, 2.75) is 49.6 Å². The highest BCUT2D eigenvalue weighted by atomic mass is 32.2. The van der Waals surface area contributed by atoms with Crippen LogP contribution in [-0.4, -0.2) is 23.7 Å². The zero-order chi connectivity index (χ0) is 13.7. The zero-order valence-electron chi connectivity index (χ0n) is 11.4. The Morgan fingerprint density at radius 2 is 1.89 bits per heavy atom. The Hall–Kier alpha value is -1.00. The predicted octanol–water partition coefficient (Wildman–Crippen LogP) is 2.47. The Kier molecular flexibility index (Phi) is 5.28. The molecule has 1 amide bonds. The van der Waals surface area contributed by atoms with Gasteiger partial charge in [-0.1, -0.05) is 17.7 Å². The Morgan fingerprint density at radius 1 is 1.26 bits per heavy atom. The molecule has 1 fully saturated rings. The summed E-state index contributed by atoms with van der Waals surface area (Å²) in [7, 11) is 0. The van der Waals surface area contributed by atoms with Gasteiger partial charge in [0.05, 0.1) is 5.75 Å². The summed E-state index contributed by atoms with van der Waals surface area (Å²) in [5.74, 6) is 0.622. The molecule has 0 atom stereocenters. The number of carbonyl (C=O) groups is 1. The molecule has 4 heteroatoms. The quantitative estimate of drug-likeness (QED) is 0.832. The molecule has 0 bridgehead atoms. The van der Waals surface area contributed by atoms with E-state index in [1.54, 1.807) is 11.8 Å². The first-order valence-corrected chi connectivity index (χ1v) is 7.86. The number of amides is 1. The van der Waals surface area contributed by atoms with Crippen LogP contribution in [0.2, 0.25) is 0 Å². The fraction of sp³-hybridized carbons (Fsp3) is 0.533. The lowest BCUT2D eigenvalue weighted by Gasteiger charge is -2.26. The maximum Gasteiger partial charge on any atom is 0.230 e. The normalized spacial score (nSPS) is 23.1. The van der Waals surface area contributed by atoms with E-state index < -0.39 is 0 Å². The average Bonchev–Trinajstić information content (AvgIpc) is 2.41. The lowest BCUT2D eigenvalue weighted by atomic mass is 9.92. The van der Waals surface area contributed by atoms with Gasteiger partial charge in [0.15, 0.2) is 0 Å². The number of thioether (sulfide) groups is 1. The van der Waals surface area contributed by atoms with Crippen LogP contribution in [0.3, 0.4) is 0 Å². The summed E-state index contributed by atoms with van der Waals surface area (Å²) in [5, 5.41) is 3.11. The number of hydrogen-bond donors (Lipinski definition) is 2. The van der Waals surface area contributed by atoms with E-state index in [2.05, 4.69) is 36.5 Å². The molecule has 3 N–H and O–H groups in total. The number of nitrogens with one attached hydrogen (secondary N) is 1. The molecular formula is C15H22N2OS. The second-order valence-electron chi connectivity index (χ2n) is 5.28. The van der Waals surface area contributed by atoms with Gasteiger partial charge < -0.3 is 11.1 Å². The molecule has 0 unspecified atom stereocenters. The number of carbonyl (C=O) groups excluding carboxylic acids is 1. The van der Waals surface area contributed by atoms with Crippen LogP contribution in [0, 0.1) is 6.92 Å². The largest absolute Gasteiger partial charge is 0.353 e. The highest BCUT2D eigenvalue weighted by Gasteiger charge is 2.19. The summed E-state index contributed by atoms with van der Waals surface area (Å²) >= 11 is 1.59. The highest BCUT2D eigenvalue weighted by molar-refractivity contribution is 8.00. The van der Waals surface area contributed by atoms with E-state index in [-0.39, 0.29) is 5.91 Å². The van der Waals surface area contributed by atoms with Crippen molar-refractivity contribution in [3.8, 4) is 0 Å². The van der Waals surface area contributed by atoms with E-state index >= 15 is 0 Å². The Bertz CT molecular complexity index is 411. The minimum absolute atomic E-state index is 0.131. The van der Waals surface area contributed by atoms with Crippen molar-refractivity contribution in [2.24, 2.45) is 5.73 Å². The van der Waals surface area contributed by atoms with Crippen LogP contribution in [0.25, 0.3) is 0 Å². The zero-order valence-corrected chi connectivity index (χ0v) is 12.2. The van der Waals surface area contributed by atoms with Gasteiger partial charge in [-0.15, -0.1) is 11.8 Å². The van der Waals surface area contributed by atoms with E-state index in [1.807, 2.05) is 0 Å². The van der Waals surface area contributed by atoms with E-state index in [0.717, 1.165) is 30.6 Å². The van der Waals surface area contributed by atoms with Crippen molar-refractivity contribution in [1.29, 1.82) is 0 Å². The van der Waals surface area contributed by atoms with Crippen LogP contribution in [0.5, 0.6) is 0 Å². The van der Waals surface area contributed by atoms with Crippen molar-refractivity contribution in [3.05, 3.63) is 29.8 Å². The molecule has 1 aromatic rings. The number of hydrogen-bond acceptors (Lipinski definition) is 3. The van der Waals surface area contributed by atoms with E-state index in [1.165, 1.54) is 5.56 Å². The summed E-state index contributed by atoms with van der Waals surface area (Å²) in [5.41, 5.74) is 7.10. The molecule has 0 saturated heterocycles. The highest BCUT2D eigenvalue weighted by Crippen LogP contribution is 2.19. The van der Waals surface area contributed by atoms with Gasteiger partial charge in [0.1, 0.15) is 0 Å². The van der Waals surface area contributed by atoms with Gasteiger partial charge in [-0.3, -0.25) is 4.79 Å². The first-order chi connectivity index (χ1) is 9.13. The summed E-state index contributed by atoms with van der Waals surface area (Å²) in [6.45, 7) is 2.06. The van der Waals surface area contributed by atoms with Gasteiger partial charge in [-0.05, 0) is 44.7 Å². The first-order valence-electron chi connectivity index (χ1n) is 6.88. The topological polar surface area (TPSA) is 55.1 Å². The SMILES string of the molecule is Cc1ccc(SCC(=O)NC2CCC(N)CC2)cc1. The number of rotatable bonds is 4. The minimum atomic E-state index is 0.131. The molecule has 0 heterocycles. The Balaban J connectivity index is 1.71. The lowest BCUT2D eigenvalue weighted by molar-refractivity contribution is -0.119. The number of nitrogens with two attached hydrogens (primary N) is 1. The Morgan fingerprint density at radius 3 is 2.53 bits per heavy atom. The monoisotopic (exact) mass is 278 g/mol. The summed E-state index contributed by atoms with van der Waals surface area (Å²) in [6, 6.07) is 8.92. The van der Waals surface area contributed by atoms with Gasteiger partial charge >= 0.3 is 0 Å². The minimum Gasteiger partial charge on any atom is -0.353 e. The standard InChI is InChI=1S/C15H22N2OS/c1-11-2-8-14(9-3-11)19-10-15(18)17-13-6-4-12(16)5-7-13/h2-3,8-9,12-13H,4-7,10,16H2,1H3,(H,17,18). The molecule has 0 radical (unpaired) electrons. The van der Waals surface area contributed by atoms with Gasteiger partial charge in [-0.25, -0.2) is 0 Å². The van der Waals surface area contributed by atoms with E-state index in [4.69, 9.17) is 5.73 Å². The molecule has 0 aromatic heterocycles. The second-order valence-corrected chi connectivity index (χ2v) is 6.33. The van der Waals surface area contributed by atoms with Gasteiger partial charge in [0.25, 0.3) is 0 Å². The predicted molar refractivity (Wildman–Crippen MR) is 80.3 cm³/mol. The van der Waals surface area contributed by atoms with Gasteiger partial charge in [0, 0.05) is 17.0 Å². The van der Waals surface area contributed by atoms with Crippen molar-refractivity contribution in [1.82, 2.24) is 5.32 Å². The lowest BCUT2D eigenvalue weighted by Crippen LogP contribution is -2.41. The molecule has 0 spiro atoms. The molecule has 1 saturated carbocycles. The first kappa shape index (κ1) is 14.4.